The van der Waals surface area contributed by atoms with Gasteiger partial charge in [-0.25, -0.2) is 0 Å². The van der Waals surface area contributed by atoms with Crippen LogP contribution in [-0.2, 0) is 14.4 Å². The number of hydrogen-bond acceptors (Lipinski definition) is 5. The Bertz CT molecular complexity index is 1000. The fourth-order valence-electron chi connectivity index (χ4n) is 2.91. The molecule has 1 saturated heterocycles. The lowest BCUT2D eigenvalue weighted by Gasteiger charge is -2.27. The molecule has 37 heavy (non-hydrogen) atoms. The van der Waals surface area contributed by atoms with Gasteiger partial charge in [-0.1, -0.05) is 66.7 Å². The molecule has 0 aliphatic carbocycles. The number of ether oxygens (including phenoxy) is 1. The van der Waals surface area contributed by atoms with Gasteiger partial charge >= 0.3 is 6.36 Å². The van der Waals surface area contributed by atoms with Gasteiger partial charge in [0, 0.05) is 18.2 Å². The van der Waals surface area contributed by atoms with Crippen LogP contribution < -0.4 is 15.8 Å². The molecule has 1 aromatic carbocycles. The number of hydrogen-bond donors (Lipinski definition) is 2. The minimum atomic E-state index is -4.68. The molecule has 0 saturated carbocycles. The number of alkyl halides is 3. The number of likely N-dealkylation sites (N-methyl/N-ethyl adjacent to an activating group) is 1. The molecule has 0 aromatic heterocycles. The second kappa shape index (κ2) is 14.9. The first kappa shape index (κ1) is 33.4. The Balaban J connectivity index is 0.000000679. The number of nitrogens with one attached hydrogen (secondary N) is 1. The van der Waals surface area contributed by atoms with E-state index in [1.54, 1.807) is 13.1 Å². The van der Waals surface area contributed by atoms with Crippen LogP contribution in [0.5, 0.6) is 5.75 Å². The number of allylic oxidation sites excluding steroid dienone is 4. The van der Waals surface area contributed by atoms with E-state index < -0.39 is 6.36 Å². The highest BCUT2D eigenvalue weighted by molar-refractivity contribution is 6.03. The number of rotatable bonds is 5. The summed E-state index contributed by atoms with van der Waals surface area (Å²) in [6, 6.07) is 5.19. The van der Waals surface area contributed by atoms with E-state index in [4.69, 9.17) is 5.73 Å². The van der Waals surface area contributed by atoms with E-state index >= 15 is 0 Å². The van der Waals surface area contributed by atoms with Crippen molar-refractivity contribution in [2.75, 3.05) is 13.6 Å². The number of nitrogens with zero attached hydrogens (tertiary/aromatic N) is 1. The Kier molecular flexibility index (Phi) is 13.4. The van der Waals surface area contributed by atoms with Crippen LogP contribution in [0.4, 0.5) is 13.2 Å². The summed E-state index contributed by atoms with van der Waals surface area (Å²) in [4.78, 5) is 35.0. The van der Waals surface area contributed by atoms with E-state index in [-0.39, 0.29) is 35.4 Å². The molecule has 10 heteroatoms. The minimum Gasteiger partial charge on any atom is -0.406 e. The average Bonchev–Trinajstić information content (AvgIpc) is 2.79. The number of benzene rings is 1. The molecule has 1 fully saturated rings. The highest BCUT2D eigenvalue weighted by Gasteiger charge is 2.31. The van der Waals surface area contributed by atoms with Crippen molar-refractivity contribution in [3.05, 3.63) is 58.9 Å². The van der Waals surface area contributed by atoms with Gasteiger partial charge in [0.25, 0.3) is 5.91 Å². The molecule has 0 spiro atoms. The van der Waals surface area contributed by atoms with Crippen LogP contribution in [0.15, 0.2) is 53.4 Å². The Hall–Kier alpha value is -3.56. The van der Waals surface area contributed by atoms with E-state index in [1.165, 1.54) is 41.3 Å². The molecule has 1 aromatic rings. The third-order valence-corrected chi connectivity index (χ3v) is 4.75. The van der Waals surface area contributed by atoms with E-state index in [0.29, 0.717) is 17.5 Å². The lowest BCUT2D eigenvalue weighted by atomic mass is 9.85. The molecule has 1 heterocycles. The summed E-state index contributed by atoms with van der Waals surface area (Å²) in [6.07, 6.45) is 0.339. The maximum atomic E-state index is 12.1. The summed E-state index contributed by atoms with van der Waals surface area (Å²) in [5.74, 6) is -0.496. The average molecular weight is 526 g/mol. The first-order valence-corrected chi connectivity index (χ1v) is 11.8. The SMILES string of the molecule is CC.CC(C)C(/C=C1\NC(=O)CN(C)C1=O)=C(N)C(C)(C)C.O=C/C=C/c1ccc(OC(F)(F)F)cc1. The highest BCUT2D eigenvalue weighted by atomic mass is 19.4. The topological polar surface area (TPSA) is 102 Å². The quantitative estimate of drug-likeness (QED) is 0.407. The van der Waals surface area contributed by atoms with Crippen molar-refractivity contribution in [1.82, 2.24) is 10.2 Å². The zero-order valence-corrected chi connectivity index (χ0v) is 22.7. The third kappa shape index (κ3) is 12.3. The van der Waals surface area contributed by atoms with Crippen molar-refractivity contribution >= 4 is 24.2 Å². The van der Waals surface area contributed by atoms with Crippen molar-refractivity contribution in [2.24, 2.45) is 17.1 Å². The Morgan fingerprint density at radius 2 is 1.65 bits per heavy atom. The normalized spacial score (nSPS) is 15.9. The molecule has 0 atom stereocenters. The second-order valence-electron chi connectivity index (χ2n) is 9.15. The summed E-state index contributed by atoms with van der Waals surface area (Å²) in [6.45, 7) is 14.2. The van der Waals surface area contributed by atoms with Crippen molar-refractivity contribution in [3.8, 4) is 5.75 Å². The predicted molar refractivity (Wildman–Crippen MR) is 139 cm³/mol. The van der Waals surface area contributed by atoms with Crippen LogP contribution in [0.2, 0.25) is 0 Å². The van der Waals surface area contributed by atoms with Crippen molar-refractivity contribution in [3.63, 3.8) is 0 Å². The Labute approximate surface area is 217 Å². The molecule has 1 aliphatic heterocycles. The van der Waals surface area contributed by atoms with Crippen LogP contribution in [0.25, 0.3) is 6.08 Å². The number of carbonyl (C=O) groups excluding carboxylic acids is 3. The standard InChI is InChI=1S/C15H25N3O2.C10H7F3O2.C2H6/c1-9(2)10(13(16)15(3,4)5)7-11-14(20)18(6)8-12(19)17-11;11-10(12,13)15-9-5-3-8(4-6-9)2-1-7-14;1-2/h7,9H,8,16H2,1-6H3,(H,17,19);1-7H;1-2H3/b11-7-,13-10?;2-1+;. The first-order valence-electron chi connectivity index (χ1n) is 11.8. The lowest BCUT2D eigenvalue weighted by molar-refractivity contribution is -0.274. The van der Waals surface area contributed by atoms with Gasteiger partial charge in [0.1, 0.15) is 17.7 Å². The van der Waals surface area contributed by atoms with Gasteiger partial charge in [0.05, 0.1) is 6.54 Å². The lowest BCUT2D eigenvalue weighted by Crippen LogP contribution is -2.48. The third-order valence-electron chi connectivity index (χ3n) is 4.75. The molecular weight excluding hydrogens is 487 g/mol. The maximum absolute atomic E-state index is 12.1. The monoisotopic (exact) mass is 525 g/mol. The van der Waals surface area contributed by atoms with Gasteiger partial charge in [-0.2, -0.15) is 0 Å². The number of piperazine rings is 1. The van der Waals surface area contributed by atoms with E-state index in [0.717, 1.165) is 11.3 Å². The van der Waals surface area contributed by atoms with Gasteiger partial charge in [0.15, 0.2) is 0 Å². The van der Waals surface area contributed by atoms with Crippen LogP contribution in [0.3, 0.4) is 0 Å². The molecule has 0 unspecified atom stereocenters. The molecule has 2 amide bonds. The highest BCUT2D eigenvalue weighted by Crippen LogP contribution is 2.28. The number of nitrogens with two attached hydrogens (primary N) is 1. The molecule has 1 aliphatic rings. The van der Waals surface area contributed by atoms with E-state index in [9.17, 15) is 27.6 Å². The fourth-order valence-corrected chi connectivity index (χ4v) is 2.91. The fraction of sp³-hybridized carbons (Fsp3) is 0.444. The molecule has 2 rings (SSSR count). The zero-order valence-electron chi connectivity index (χ0n) is 22.7. The van der Waals surface area contributed by atoms with Crippen molar-refractivity contribution in [1.29, 1.82) is 0 Å². The number of halogens is 3. The number of aldehydes is 1. The number of amides is 2. The van der Waals surface area contributed by atoms with Crippen LogP contribution in [-0.4, -0.2) is 43.0 Å². The Morgan fingerprint density at radius 1 is 1.11 bits per heavy atom. The van der Waals surface area contributed by atoms with Crippen LogP contribution in [0, 0.1) is 11.3 Å². The molecule has 3 N–H and O–H groups in total. The number of carbonyl (C=O) groups is 3. The molecule has 206 valence electrons. The van der Waals surface area contributed by atoms with Crippen LogP contribution >= 0.6 is 0 Å². The van der Waals surface area contributed by atoms with Gasteiger partial charge in [-0.05, 0) is 41.3 Å². The summed E-state index contributed by atoms with van der Waals surface area (Å²) >= 11 is 0. The Morgan fingerprint density at radius 3 is 2.08 bits per heavy atom. The first-order chi connectivity index (χ1) is 17.0. The molecule has 7 nitrogen and oxygen atoms in total. The van der Waals surface area contributed by atoms with Crippen LogP contribution in [0.1, 0.15) is 54.0 Å². The van der Waals surface area contributed by atoms with Crippen molar-refractivity contribution in [2.45, 2.75) is 54.8 Å². The smallest absolute Gasteiger partial charge is 0.406 e. The predicted octanol–water partition coefficient (Wildman–Crippen LogP) is 5.20. The van der Waals surface area contributed by atoms with Gasteiger partial charge < -0.3 is 20.7 Å². The summed E-state index contributed by atoms with van der Waals surface area (Å²) in [5.41, 5.74) is 8.57. The van der Waals surface area contributed by atoms with Gasteiger partial charge in [-0.3, -0.25) is 14.4 Å². The summed E-state index contributed by atoms with van der Waals surface area (Å²) in [7, 11) is 1.61. The molecular formula is C27H38F3N3O4. The van der Waals surface area contributed by atoms with E-state index in [1.807, 2.05) is 48.5 Å². The summed E-state index contributed by atoms with van der Waals surface area (Å²) in [5, 5.41) is 2.63. The van der Waals surface area contributed by atoms with Gasteiger partial charge in [-0.15, -0.1) is 13.2 Å². The van der Waals surface area contributed by atoms with E-state index in [2.05, 4.69) is 10.1 Å². The minimum absolute atomic E-state index is 0.0889. The van der Waals surface area contributed by atoms with Crippen molar-refractivity contribution < 1.29 is 32.3 Å². The molecule has 0 bridgehead atoms. The maximum Gasteiger partial charge on any atom is 0.573 e. The largest absolute Gasteiger partial charge is 0.573 e. The van der Waals surface area contributed by atoms with Gasteiger partial charge in [0.2, 0.25) is 5.91 Å². The second-order valence-corrected chi connectivity index (χ2v) is 9.15. The summed E-state index contributed by atoms with van der Waals surface area (Å²) < 4.78 is 39.0. The molecule has 0 radical (unpaired) electrons. The zero-order chi connectivity index (χ0) is 29.0.